The highest BCUT2D eigenvalue weighted by molar-refractivity contribution is 7.89. The molecule has 3 heterocycles. The summed E-state index contributed by atoms with van der Waals surface area (Å²) in [6.45, 7) is 2.42. The van der Waals surface area contributed by atoms with Crippen molar-refractivity contribution in [3.8, 4) is 5.88 Å². The molecule has 0 bridgehead atoms. The lowest BCUT2D eigenvalue weighted by Gasteiger charge is -2.31. The number of hydrogen-bond donors (Lipinski definition) is 1. The Kier molecular flexibility index (Phi) is 7.26. The first-order chi connectivity index (χ1) is 13.9. The molecule has 0 aliphatic carbocycles. The molecule has 1 saturated heterocycles. The number of sulfonamides is 1. The van der Waals surface area contributed by atoms with Gasteiger partial charge >= 0.3 is 0 Å². The lowest BCUT2D eigenvalue weighted by atomic mass is 9.95. The van der Waals surface area contributed by atoms with Gasteiger partial charge in [0.15, 0.2) is 0 Å². The maximum absolute atomic E-state index is 13.0. The van der Waals surface area contributed by atoms with E-state index in [9.17, 15) is 13.2 Å². The van der Waals surface area contributed by atoms with Crippen LogP contribution in [0.15, 0.2) is 35.2 Å². The molecule has 2 aromatic rings. The number of aromatic nitrogens is 1. The number of nitrogens with one attached hydrogen (secondary N) is 1. The second-order valence-electron chi connectivity index (χ2n) is 7.07. The van der Waals surface area contributed by atoms with E-state index >= 15 is 0 Å². The van der Waals surface area contributed by atoms with E-state index in [4.69, 9.17) is 4.74 Å². The predicted molar refractivity (Wildman–Crippen MR) is 113 cm³/mol. The summed E-state index contributed by atoms with van der Waals surface area (Å²) in [7, 11) is -1.63. The Morgan fingerprint density at radius 2 is 2.14 bits per heavy atom. The van der Waals surface area contributed by atoms with Gasteiger partial charge in [-0.25, -0.2) is 17.7 Å². The topological polar surface area (TPSA) is 88.6 Å². The van der Waals surface area contributed by atoms with Gasteiger partial charge in [-0.15, -0.1) is 0 Å². The Morgan fingerprint density at radius 3 is 2.76 bits per heavy atom. The van der Waals surface area contributed by atoms with Crippen LogP contribution in [0, 0.1) is 5.92 Å². The summed E-state index contributed by atoms with van der Waals surface area (Å²) >= 11 is 1.62. The number of carbonyl (C=O) groups is 1. The maximum atomic E-state index is 13.0. The van der Waals surface area contributed by atoms with E-state index in [2.05, 4.69) is 15.7 Å². The van der Waals surface area contributed by atoms with Gasteiger partial charge in [0.1, 0.15) is 0 Å². The van der Waals surface area contributed by atoms with E-state index in [0.29, 0.717) is 38.2 Å². The fourth-order valence-electron chi connectivity index (χ4n) is 3.59. The Hall–Kier alpha value is -1.97. The van der Waals surface area contributed by atoms with Crippen molar-refractivity contribution in [3.05, 3.63) is 46.3 Å². The second-order valence-corrected chi connectivity index (χ2v) is 10.1. The average Bonchev–Trinajstić information content (AvgIpc) is 3.26. The van der Waals surface area contributed by atoms with E-state index in [-0.39, 0.29) is 23.6 Å². The molecule has 0 spiro atoms. The highest BCUT2D eigenvalue weighted by Gasteiger charge is 2.31. The van der Waals surface area contributed by atoms with Gasteiger partial charge in [0.2, 0.25) is 21.8 Å². The fourth-order valence-corrected chi connectivity index (χ4v) is 5.40. The molecule has 1 aliphatic heterocycles. The molecule has 0 saturated carbocycles. The minimum absolute atomic E-state index is 0.0512. The molecule has 0 aromatic carbocycles. The Bertz CT molecular complexity index is 908. The molecule has 1 aliphatic rings. The number of ether oxygens (including phenoxy) is 1. The van der Waals surface area contributed by atoms with Crippen LogP contribution >= 0.6 is 11.3 Å². The minimum Gasteiger partial charge on any atom is -0.481 e. The number of pyridine rings is 1. The van der Waals surface area contributed by atoms with Crippen LogP contribution in [0.1, 0.15) is 36.9 Å². The zero-order valence-electron chi connectivity index (χ0n) is 16.7. The molecular weight excluding hydrogens is 410 g/mol. The van der Waals surface area contributed by atoms with Gasteiger partial charge in [0.05, 0.1) is 18.9 Å². The monoisotopic (exact) mass is 437 g/mol. The quantitative estimate of drug-likeness (QED) is 0.686. The molecule has 7 nitrogen and oxygen atoms in total. The van der Waals surface area contributed by atoms with Gasteiger partial charge in [0.25, 0.3) is 0 Å². The van der Waals surface area contributed by atoms with Crippen LogP contribution in [0.25, 0.3) is 0 Å². The molecule has 1 atom stereocenters. The molecular formula is C20H27N3O4S2. The summed E-state index contributed by atoms with van der Waals surface area (Å²) in [4.78, 5) is 17.3. The first-order valence-corrected chi connectivity index (χ1v) is 12.3. The molecule has 9 heteroatoms. The smallest absolute Gasteiger partial charge is 0.223 e. The lowest BCUT2D eigenvalue weighted by Crippen LogP contribution is -2.44. The van der Waals surface area contributed by atoms with Gasteiger partial charge in [-0.3, -0.25) is 4.79 Å². The summed E-state index contributed by atoms with van der Waals surface area (Å²) < 4.78 is 31.0. The van der Waals surface area contributed by atoms with Gasteiger partial charge in [0, 0.05) is 30.8 Å². The number of hydrogen-bond acceptors (Lipinski definition) is 6. The van der Waals surface area contributed by atoms with Crippen LogP contribution in [0.5, 0.6) is 5.88 Å². The summed E-state index contributed by atoms with van der Waals surface area (Å²) in [5, 5.41) is 7.24. The summed E-state index contributed by atoms with van der Waals surface area (Å²) in [6, 6.07) is 5.53. The number of nitrogens with zero attached hydrogens (tertiary/aromatic N) is 2. The standard InChI is InChI=1S/C20H27N3O4S2/c1-3-29(25,26)23-10-6-16(7-11-23)19(24)22-18(13-15-8-12-28-14-15)17-5-4-9-21-20(17)27-2/h4-5,8-9,12,14,16,18H,3,6-7,10-11,13H2,1-2H3,(H,22,24). The number of carbonyl (C=O) groups excluding carboxylic acids is 1. The van der Waals surface area contributed by atoms with Crippen molar-refractivity contribution in [2.75, 3.05) is 26.0 Å². The van der Waals surface area contributed by atoms with Crippen molar-refractivity contribution in [2.45, 2.75) is 32.2 Å². The molecule has 1 fully saturated rings. The molecule has 158 valence electrons. The van der Waals surface area contributed by atoms with Crippen molar-refractivity contribution in [2.24, 2.45) is 5.92 Å². The zero-order valence-corrected chi connectivity index (χ0v) is 18.3. The van der Waals surface area contributed by atoms with Crippen molar-refractivity contribution < 1.29 is 17.9 Å². The van der Waals surface area contributed by atoms with Gasteiger partial charge < -0.3 is 10.1 Å². The molecule has 3 rings (SSSR count). The number of thiophene rings is 1. The third-order valence-electron chi connectivity index (χ3n) is 5.29. The Balaban J connectivity index is 1.72. The largest absolute Gasteiger partial charge is 0.481 e. The van der Waals surface area contributed by atoms with Crippen LogP contribution in [0.3, 0.4) is 0 Å². The van der Waals surface area contributed by atoms with Crippen LogP contribution < -0.4 is 10.1 Å². The third kappa shape index (κ3) is 5.34. The fraction of sp³-hybridized carbons (Fsp3) is 0.500. The van der Waals surface area contributed by atoms with Crippen LogP contribution in [0.2, 0.25) is 0 Å². The van der Waals surface area contributed by atoms with Gasteiger partial charge in [-0.05, 0) is 54.6 Å². The molecule has 1 amide bonds. The highest BCUT2D eigenvalue weighted by Crippen LogP contribution is 2.28. The van der Waals surface area contributed by atoms with Crippen molar-refractivity contribution in [1.29, 1.82) is 0 Å². The highest BCUT2D eigenvalue weighted by atomic mass is 32.2. The normalized spacial score (nSPS) is 17.0. The maximum Gasteiger partial charge on any atom is 0.223 e. The summed E-state index contributed by atoms with van der Waals surface area (Å²) in [5.41, 5.74) is 1.97. The van der Waals surface area contributed by atoms with Gasteiger partial charge in [-0.2, -0.15) is 11.3 Å². The van der Waals surface area contributed by atoms with E-state index in [1.54, 1.807) is 31.6 Å². The molecule has 1 N–H and O–H groups in total. The SMILES string of the molecule is CCS(=O)(=O)N1CCC(C(=O)NC(Cc2ccsc2)c2cccnc2OC)CC1. The first-order valence-electron chi connectivity index (χ1n) is 9.72. The number of piperidine rings is 1. The van der Waals surface area contributed by atoms with Crippen LogP contribution in [0.4, 0.5) is 0 Å². The molecule has 2 aromatic heterocycles. The molecule has 0 radical (unpaired) electrons. The van der Waals surface area contributed by atoms with Crippen LogP contribution in [-0.2, 0) is 21.2 Å². The van der Waals surface area contributed by atoms with E-state index in [1.807, 2.05) is 23.6 Å². The summed E-state index contributed by atoms with van der Waals surface area (Å²) in [6.07, 6.45) is 3.36. The van der Waals surface area contributed by atoms with Crippen molar-refractivity contribution in [1.82, 2.24) is 14.6 Å². The van der Waals surface area contributed by atoms with Crippen molar-refractivity contribution in [3.63, 3.8) is 0 Å². The molecule has 29 heavy (non-hydrogen) atoms. The van der Waals surface area contributed by atoms with Gasteiger partial charge in [-0.1, -0.05) is 6.07 Å². The lowest BCUT2D eigenvalue weighted by molar-refractivity contribution is -0.126. The van der Waals surface area contributed by atoms with E-state index in [0.717, 1.165) is 11.1 Å². The number of rotatable bonds is 8. The number of amides is 1. The first kappa shape index (κ1) is 21.7. The van der Waals surface area contributed by atoms with E-state index < -0.39 is 10.0 Å². The number of methoxy groups -OCH3 is 1. The summed E-state index contributed by atoms with van der Waals surface area (Å²) in [5.74, 6) is 0.334. The molecule has 1 unspecified atom stereocenters. The average molecular weight is 438 g/mol. The minimum atomic E-state index is -3.20. The van der Waals surface area contributed by atoms with Crippen LogP contribution in [-0.4, -0.2) is 49.6 Å². The second kappa shape index (κ2) is 9.69. The Labute approximate surface area is 176 Å². The Morgan fingerprint density at radius 1 is 1.38 bits per heavy atom. The third-order valence-corrected chi connectivity index (χ3v) is 7.90. The van der Waals surface area contributed by atoms with Crippen molar-refractivity contribution >= 4 is 27.3 Å². The van der Waals surface area contributed by atoms with E-state index in [1.165, 1.54) is 4.31 Å². The predicted octanol–water partition coefficient (Wildman–Crippen LogP) is 2.61. The zero-order chi connectivity index (χ0) is 20.9.